The summed E-state index contributed by atoms with van der Waals surface area (Å²) in [5.41, 5.74) is 1.93. The molecule has 0 spiro atoms. The Hall–Kier alpha value is -0.340. The SMILES string of the molecule is CC(C)C1(Cc2cccc(Br)c2)CNC1. The van der Waals surface area contributed by atoms with Crippen LogP contribution in [-0.2, 0) is 6.42 Å². The molecule has 2 heteroatoms. The predicted octanol–water partition coefficient (Wildman–Crippen LogP) is 3.24. The maximum absolute atomic E-state index is 3.53. The van der Waals surface area contributed by atoms with Crippen molar-refractivity contribution in [2.75, 3.05) is 13.1 Å². The van der Waals surface area contributed by atoms with Gasteiger partial charge in [0.25, 0.3) is 0 Å². The molecule has 1 aliphatic rings. The van der Waals surface area contributed by atoms with Gasteiger partial charge in [-0.25, -0.2) is 0 Å². The molecule has 0 atom stereocenters. The minimum atomic E-state index is 0.487. The van der Waals surface area contributed by atoms with Gasteiger partial charge in [0.1, 0.15) is 0 Å². The highest BCUT2D eigenvalue weighted by Crippen LogP contribution is 2.35. The van der Waals surface area contributed by atoms with E-state index >= 15 is 0 Å². The highest BCUT2D eigenvalue weighted by Gasteiger charge is 2.39. The normalized spacial score (nSPS) is 18.9. The Morgan fingerprint density at radius 3 is 2.60 bits per heavy atom. The Balaban J connectivity index is 2.13. The lowest BCUT2D eigenvalue weighted by Crippen LogP contribution is -2.57. The first-order chi connectivity index (χ1) is 7.12. The molecule has 1 aliphatic heterocycles. The molecule has 0 aliphatic carbocycles. The van der Waals surface area contributed by atoms with Crippen molar-refractivity contribution in [3.05, 3.63) is 34.3 Å². The van der Waals surface area contributed by atoms with E-state index in [0.717, 1.165) is 19.0 Å². The van der Waals surface area contributed by atoms with Gasteiger partial charge in [-0.05, 0) is 30.0 Å². The van der Waals surface area contributed by atoms with E-state index < -0.39 is 0 Å². The largest absolute Gasteiger partial charge is 0.315 e. The van der Waals surface area contributed by atoms with Gasteiger partial charge in [0.2, 0.25) is 0 Å². The van der Waals surface area contributed by atoms with E-state index in [1.54, 1.807) is 0 Å². The van der Waals surface area contributed by atoms with Crippen molar-refractivity contribution in [1.29, 1.82) is 0 Å². The number of hydrogen-bond donors (Lipinski definition) is 1. The van der Waals surface area contributed by atoms with Gasteiger partial charge < -0.3 is 5.32 Å². The van der Waals surface area contributed by atoms with Crippen molar-refractivity contribution in [1.82, 2.24) is 5.32 Å². The van der Waals surface area contributed by atoms with Gasteiger partial charge in [-0.3, -0.25) is 0 Å². The summed E-state index contributed by atoms with van der Waals surface area (Å²) in [5.74, 6) is 0.748. The molecule has 0 aromatic heterocycles. The third-order valence-corrected chi connectivity index (χ3v) is 4.12. The lowest BCUT2D eigenvalue weighted by atomic mass is 9.68. The van der Waals surface area contributed by atoms with E-state index in [0.29, 0.717) is 5.41 Å². The fourth-order valence-corrected chi connectivity index (χ4v) is 2.68. The molecule has 0 bridgehead atoms. The third-order valence-electron chi connectivity index (χ3n) is 3.62. The zero-order chi connectivity index (χ0) is 10.9. The van der Waals surface area contributed by atoms with Crippen molar-refractivity contribution >= 4 is 15.9 Å². The monoisotopic (exact) mass is 267 g/mol. The third kappa shape index (κ3) is 2.26. The number of hydrogen-bond acceptors (Lipinski definition) is 1. The first-order valence-corrected chi connectivity index (χ1v) is 6.37. The molecule has 0 amide bonds. The number of nitrogens with one attached hydrogen (secondary N) is 1. The maximum atomic E-state index is 3.53. The average Bonchev–Trinajstić information content (AvgIpc) is 2.11. The van der Waals surface area contributed by atoms with Crippen LogP contribution in [0.2, 0.25) is 0 Å². The van der Waals surface area contributed by atoms with Crippen molar-refractivity contribution in [3.63, 3.8) is 0 Å². The summed E-state index contributed by atoms with van der Waals surface area (Å²) in [6, 6.07) is 8.68. The van der Waals surface area contributed by atoms with E-state index in [1.165, 1.54) is 16.5 Å². The molecule has 0 unspecified atom stereocenters. The Kier molecular flexibility index (Phi) is 3.17. The van der Waals surface area contributed by atoms with Crippen molar-refractivity contribution in [2.45, 2.75) is 20.3 Å². The summed E-state index contributed by atoms with van der Waals surface area (Å²) in [4.78, 5) is 0. The van der Waals surface area contributed by atoms with Crippen molar-refractivity contribution in [2.24, 2.45) is 11.3 Å². The number of rotatable bonds is 3. The van der Waals surface area contributed by atoms with E-state index in [-0.39, 0.29) is 0 Å². The van der Waals surface area contributed by atoms with E-state index in [2.05, 4.69) is 59.4 Å². The van der Waals surface area contributed by atoms with Crippen LogP contribution in [-0.4, -0.2) is 13.1 Å². The smallest absolute Gasteiger partial charge is 0.0177 e. The van der Waals surface area contributed by atoms with Crippen LogP contribution in [0.25, 0.3) is 0 Å². The molecule has 82 valence electrons. The van der Waals surface area contributed by atoms with Gasteiger partial charge in [0, 0.05) is 23.0 Å². The summed E-state index contributed by atoms with van der Waals surface area (Å²) >= 11 is 3.53. The summed E-state index contributed by atoms with van der Waals surface area (Å²) < 4.78 is 1.19. The molecule has 0 saturated carbocycles. The topological polar surface area (TPSA) is 12.0 Å². The number of halogens is 1. The van der Waals surface area contributed by atoms with Gasteiger partial charge in [0.15, 0.2) is 0 Å². The van der Waals surface area contributed by atoms with E-state index in [9.17, 15) is 0 Å². The first kappa shape index (κ1) is 11.2. The van der Waals surface area contributed by atoms with Crippen LogP contribution < -0.4 is 5.32 Å². The molecule has 1 aromatic rings. The molecule has 1 nitrogen and oxygen atoms in total. The molecule has 1 N–H and O–H groups in total. The standard InChI is InChI=1S/C13H18BrN/c1-10(2)13(8-15-9-13)7-11-4-3-5-12(14)6-11/h3-6,10,15H,7-9H2,1-2H3. The highest BCUT2D eigenvalue weighted by atomic mass is 79.9. The van der Waals surface area contributed by atoms with E-state index in [4.69, 9.17) is 0 Å². The maximum Gasteiger partial charge on any atom is 0.0177 e. The van der Waals surface area contributed by atoms with Crippen LogP contribution in [0, 0.1) is 11.3 Å². The van der Waals surface area contributed by atoms with E-state index in [1.807, 2.05) is 0 Å². The quantitative estimate of drug-likeness (QED) is 0.887. The Morgan fingerprint density at radius 2 is 2.13 bits per heavy atom. The molecular weight excluding hydrogens is 250 g/mol. The van der Waals surface area contributed by atoms with Crippen LogP contribution >= 0.6 is 15.9 Å². The fraction of sp³-hybridized carbons (Fsp3) is 0.538. The molecule has 1 aromatic carbocycles. The highest BCUT2D eigenvalue weighted by molar-refractivity contribution is 9.10. The Labute approximate surface area is 100 Å². The van der Waals surface area contributed by atoms with Crippen molar-refractivity contribution in [3.8, 4) is 0 Å². The van der Waals surface area contributed by atoms with Crippen LogP contribution in [0.5, 0.6) is 0 Å². The summed E-state index contributed by atoms with van der Waals surface area (Å²) in [7, 11) is 0. The Bertz CT molecular complexity index is 342. The molecule has 15 heavy (non-hydrogen) atoms. The number of benzene rings is 1. The molecule has 1 fully saturated rings. The lowest BCUT2D eigenvalue weighted by Gasteiger charge is -2.46. The van der Waals surface area contributed by atoms with Gasteiger partial charge >= 0.3 is 0 Å². The second kappa shape index (κ2) is 4.26. The molecule has 0 radical (unpaired) electrons. The predicted molar refractivity (Wildman–Crippen MR) is 68.0 cm³/mol. The van der Waals surface area contributed by atoms with Crippen LogP contribution in [0.3, 0.4) is 0 Å². The van der Waals surface area contributed by atoms with Crippen LogP contribution in [0.1, 0.15) is 19.4 Å². The zero-order valence-corrected chi connectivity index (χ0v) is 11.0. The average molecular weight is 268 g/mol. The second-order valence-corrected chi connectivity index (χ2v) is 5.84. The van der Waals surface area contributed by atoms with Crippen LogP contribution in [0.15, 0.2) is 28.7 Å². The summed E-state index contributed by atoms with van der Waals surface area (Å²) in [6.07, 6.45) is 1.19. The van der Waals surface area contributed by atoms with Gasteiger partial charge in [-0.15, -0.1) is 0 Å². The minimum Gasteiger partial charge on any atom is -0.315 e. The molecule has 2 rings (SSSR count). The molecule has 1 heterocycles. The van der Waals surface area contributed by atoms with Gasteiger partial charge in [0.05, 0.1) is 0 Å². The van der Waals surface area contributed by atoms with Crippen molar-refractivity contribution < 1.29 is 0 Å². The lowest BCUT2D eigenvalue weighted by molar-refractivity contribution is 0.0994. The fourth-order valence-electron chi connectivity index (χ4n) is 2.24. The second-order valence-electron chi connectivity index (χ2n) is 4.93. The summed E-state index contributed by atoms with van der Waals surface area (Å²) in [6.45, 7) is 6.99. The first-order valence-electron chi connectivity index (χ1n) is 5.58. The minimum absolute atomic E-state index is 0.487. The molecule has 1 saturated heterocycles. The molecular formula is C13H18BrN. The van der Waals surface area contributed by atoms with Gasteiger partial charge in [-0.2, -0.15) is 0 Å². The zero-order valence-electron chi connectivity index (χ0n) is 9.39. The Morgan fingerprint density at radius 1 is 1.40 bits per heavy atom. The van der Waals surface area contributed by atoms with Gasteiger partial charge in [-0.1, -0.05) is 41.9 Å². The van der Waals surface area contributed by atoms with Crippen LogP contribution in [0.4, 0.5) is 0 Å². The summed E-state index contributed by atoms with van der Waals surface area (Å²) in [5, 5.41) is 3.41.